The minimum absolute atomic E-state index is 0.0241. The summed E-state index contributed by atoms with van der Waals surface area (Å²) in [7, 11) is 1.97. The van der Waals surface area contributed by atoms with Crippen LogP contribution in [0.5, 0.6) is 0 Å². The fourth-order valence-electron chi connectivity index (χ4n) is 1.54. The predicted octanol–water partition coefficient (Wildman–Crippen LogP) is 0.949. The Kier molecular flexibility index (Phi) is 3.75. The molecule has 1 saturated heterocycles. The van der Waals surface area contributed by atoms with Gasteiger partial charge in [0.2, 0.25) is 5.91 Å². The molecular formula is C9H15ClN2O. The second kappa shape index (κ2) is 4.63. The molecule has 3 nitrogen and oxygen atoms in total. The van der Waals surface area contributed by atoms with Gasteiger partial charge in [0.05, 0.1) is 12.6 Å². The summed E-state index contributed by atoms with van der Waals surface area (Å²) in [5.74, 6) is 0.0572. The average Bonchev–Trinajstić information content (AvgIpc) is 2.47. The second-order valence-corrected chi connectivity index (χ2v) is 3.91. The van der Waals surface area contributed by atoms with Gasteiger partial charge in [0.25, 0.3) is 0 Å². The summed E-state index contributed by atoms with van der Waals surface area (Å²) >= 11 is 5.54. The Balaban J connectivity index is 2.34. The summed E-state index contributed by atoms with van der Waals surface area (Å²) in [5, 5.41) is 3.21. The van der Waals surface area contributed by atoms with Crippen LogP contribution in [0.3, 0.4) is 0 Å². The Labute approximate surface area is 83.7 Å². The summed E-state index contributed by atoms with van der Waals surface area (Å²) in [5.41, 5.74) is 0. The largest absolute Gasteiger partial charge is 0.350 e. The van der Waals surface area contributed by atoms with Crippen molar-refractivity contribution in [1.82, 2.24) is 10.2 Å². The number of nitrogens with one attached hydrogen (secondary N) is 1. The van der Waals surface area contributed by atoms with E-state index in [9.17, 15) is 4.79 Å². The number of hydrogen-bond donors (Lipinski definition) is 1. The van der Waals surface area contributed by atoms with Gasteiger partial charge in [-0.1, -0.05) is 18.2 Å². The molecule has 0 radical (unpaired) electrons. The van der Waals surface area contributed by atoms with Gasteiger partial charge < -0.3 is 5.32 Å². The normalized spacial score (nSPS) is 23.1. The van der Waals surface area contributed by atoms with Crippen LogP contribution in [0.1, 0.15) is 12.8 Å². The molecule has 1 amide bonds. The molecule has 74 valence electrons. The summed E-state index contributed by atoms with van der Waals surface area (Å²) in [4.78, 5) is 13.6. The van der Waals surface area contributed by atoms with E-state index in [-0.39, 0.29) is 11.9 Å². The van der Waals surface area contributed by atoms with E-state index >= 15 is 0 Å². The maximum absolute atomic E-state index is 11.5. The smallest absolute Gasteiger partial charge is 0.237 e. The molecule has 1 aliphatic rings. The first-order chi connectivity index (χ1) is 6.11. The van der Waals surface area contributed by atoms with Gasteiger partial charge in [-0.25, -0.2) is 0 Å². The highest BCUT2D eigenvalue weighted by Gasteiger charge is 2.27. The van der Waals surface area contributed by atoms with Crippen molar-refractivity contribution >= 4 is 17.5 Å². The van der Waals surface area contributed by atoms with Gasteiger partial charge in [-0.2, -0.15) is 0 Å². The van der Waals surface area contributed by atoms with Gasteiger partial charge >= 0.3 is 0 Å². The lowest BCUT2D eigenvalue weighted by Gasteiger charge is -2.18. The number of amides is 1. The highest BCUT2D eigenvalue weighted by Crippen LogP contribution is 2.14. The van der Waals surface area contributed by atoms with Crippen molar-refractivity contribution < 1.29 is 4.79 Å². The quantitative estimate of drug-likeness (QED) is 0.739. The summed E-state index contributed by atoms with van der Waals surface area (Å²) in [6, 6.07) is 0.0241. The van der Waals surface area contributed by atoms with Crippen LogP contribution in [0.15, 0.2) is 11.6 Å². The Hall–Kier alpha value is -0.540. The first-order valence-electron chi connectivity index (χ1n) is 4.42. The van der Waals surface area contributed by atoms with E-state index in [0.29, 0.717) is 11.6 Å². The van der Waals surface area contributed by atoms with E-state index in [4.69, 9.17) is 11.6 Å². The Morgan fingerprint density at radius 2 is 2.46 bits per heavy atom. The topological polar surface area (TPSA) is 32.3 Å². The van der Waals surface area contributed by atoms with E-state index in [1.54, 1.807) is 0 Å². The second-order valence-electron chi connectivity index (χ2n) is 3.37. The van der Waals surface area contributed by atoms with Gasteiger partial charge in [0, 0.05) is 5.03 Å². The maximum Gasteiger partial charge on any atom is 0.237 e. The number of halogens is 1. The molecule has 1 atom stereocenters. The molecule has 1 N–H and O–H groups in total. The first kappa shape index (κ1) is 10.5. The summed E-state index contributed by atoms with van der Waals surface area (Å²) in [6.45, 7) is 4.88. The number of hydrogen-bond acceptors (Lipinski definition) is 2. The molecule has 0 aromatic heterocycles. The first-order valence-corrected chi connectivity index (χ1v) is 4.80. The SMILES string of the molecule is C=C(Cl)CNC(=O)C1CCCN1C. The molecule has 0 aliphatic carbocycles. The summed E-state index contributed by atoms with van der Waals surface area (Å²) < 4.78 is 0. The van der Waals surface area contributed by atoms with E-state index in [0.717, 1.165) is 19.4 Å². The van der Waals surface area contributed by atoms with Gasteiger partial charge in [-0.15, -0.1) is 0 Å². The van der Waals surface area contributed by atoms with Crippen LogP contribution in [0, 0.1) is 0 Å². The van der Waals surface area contributed by atoms with Crippen LogP contribution in [-0.4, -0.2) is 37.0 Å². The molecule has 0 spiro atoms. The lowest BCUT2D eigenvalue weighted by molar-refractivity contribution is -0.124. The number of nitrogens with zero attached hydrogens (tertiary/aromatic N) is 1. The summed E-state index contributed by atoms with van der Waals surface area (Å²) in [6.07, 6.45) is 2.04. The van der Waals surface area contributed by atoms with Gasteiger partial charge in [0.15, 0.2) is 0 Å². The molecule has 1 heterocycles. The van der Waals surface area contributed by atoms with Crippen LogP contribution in [0.4, 0.5) is 0 Å². The maximum atomic E-state index is 11.5. The van der Waals surface area contributed by atoms with Crippen LogP contribution in [-0.2, 0) is 4.79 Å². The Morgan fingerprint density at radius 1 is 1.77 bits per heavy atom. The average molecular weight is 203 g/mol. The van der Waals surface area contributed by atoms with Crippen molar-refractivity contribution in [2.75, 3.05) is 20.1 Å². The highest BCUT2D eigenvalue weighted by atomic mass is 35.5. The van der Waals surface area contributed by atoms with Crippen molar-refractivity contribution in [1.29, 1.82) is 0 Å². The number of likely N-dealkylation sites (N-methyl/N-ethyl adjacent to an activating group) is 1. The molecule has 0 aromatic carbocycles. The van der Waals surface area contributed by atoms with Crippen molar-refractivity contribution in [2.24, 2.45) is 0 Å². The van der Waals surface area contributed by atoms with E-state index in [2.05, 4.69) is 16.8 Å². The fraction of sp³-hybridized carbons (Fsp3) is 0.667. The van der Waals surface area contributed by atoms with E-state index in [1.807, 2.05) is 7.05 Å². The zero-order chi connectivity index (χ0) is 9.84. The molecule has 1 rings (SSSR count). The van der Waals surface area contributed by atoms with Gasteiger partial charge in [-0.3, -0.25) is 9.69 Å². The molecule has 0 saturated carbocycles. The Bertz CT molecular complexity index is 218. The van der Waals surface area contributed by atoms with Crippen molar-refractivity contribution in [3.8, 4) is 0 Å². The van der Waals surface area contributed by atoms with Crippen molar-refractivity contribution in [3.63, 3.8) is 0 Å². The fourth-order valence-corrected chi connectivity index (χ4v) is 1.61. The molecule has 13 heavy (non-hydrogen) atoms. The van der Waals surface area contributed by atoms with E-state index < -0.39 is 0 Å². The van der Waals surface area contributed by atoms with Gasteiger partial charge in [-0.05, 0) is 26.4 Å². The monoisotopic (exact) mass is 202 g/mol. The van der Waals surface area contributed by atoms with Crippen LogP contribution >= 0.6 is 11.6 Å². The third kappa shape index (κ3) is 3.01. The third-order valence-electron chi connectivity index (χ3n) is 2.28. The van der Waals surface area contributed by atoms with E-state index in [1.165, 1.54) is 0 Å². The number of carbonyl (C=O) groups excluding carboxylic acids is 1. The molecule has 4 heteroatoms. The highest BCUT2D eigenvalue weighted by molar-refractivity contribution is 6.29. The minimum atomic E-state index is 0.0241. The van der Waals surface area contributed by atoms with Crippen LogP contribution in [0.2, 0.25) is 0 Å². The third-order valence-corrected chi connectivity index (χ3v) is 2.41. The zero-order valence-electron chi connectivity index (χ0n) is 7.85. The van der Waals surface area contributed by atoms with Crippen molar-refractivity contribution in [3.05, 3.63) is 11.6 Å². The molecule has 0 bridgehead atoms. The lowest BCUT2D eigenvalue weighted by Crippen LogP contribution is -2.41. The molecule has 1 aliphatic heterocycles. The molecule has 0 aromatic rings. The predicted molar refractivity (Wildman–Crippen MR) is 53.7 cm³/mol. The minimum Gasteiger partial charge on any atom is -0.350 e. The zero-order valence-corrected chi connectivity index (χ0v) is 8.60. The number of likely N-dealkylation sites (tertiary alicyclic amines) is 1. The molecular weight excluding hydrogens is 188 g/mol. The molecule has 1 unspecified atom stereocenters. The Morgan fingerprint density at radius 3 is 2.92 bits per heavy atom. The van der Waals surface area contributed by atoms with Crippen LogP contribution in [0.25, 0.3) is 0 Å². The van der Waals surface area contributed by atoms with Crippen LogP contribution < -0.4 is 5.32 Å². The molecule has 1 fully saturated rings. The lowest BCUT2D eigenvalue weighted by atomic mass is 10.2. The standard InChI is InChI=1S/C9H15ClN2O/c1-7(10)6-11-9(13)8-4-3-5-12(8)2/h8H,1,3-6H2,2H3,(H,11,13). The van der Waals surface area contributed by atoms with Gasteiger partial charge in [0.1, 0.15) is 0 Å². The van der Waals surface area contributed by atoms with Crippen molar-refractivity contribution in [2.45, 2.75) is 18.9 Å². The number of carbonyl (C=O) groups is 1. The number of rotatable bonds is 3.